The molecule has 1 aliphatic heterocycles. The molecule has 1 saturated heterocycles. The highest BCUT2D eigenvalue weighted by Gasteiger charge is 2.15. The van der Waals surface area contributed by atoms with Gasteiger partial charge in [-0.2, -0.15) is 0 Å². The fourth-order valence-electron chi connectivity index (χ4n) is 2.98. The summed E-state index contributed by atoms with van der Waals surface area (Å²) in [6, 6.07) is 9.01. The molecule has 3 nitrogen and oxygen atoms in total. The van der Waals surface area contributed by atoms with Crippen LogP contribution in [0.2, 0.25) is 0 Å². The van der Waals surface area contributed by atoms with E-state index in [-0.39, 0.29) is 12.0 Å². The Morgan fingerprint density at radius 2 is 1.77 bits per heavy atom. The van der Waals surface area contributed by atoms with E-state index in [1.54, 1.807) is 0 Å². The Morgan fingerprint density at radius 1 is 1.09 bits per heavy atom. The van der Waals surface area contributed by atoms with Crippen LogP contribution < -0.4 is 10.2 Å². The molecule has 1 heterocycles. The summed E-state index contributed by atoms with van der Waals surface area (Å²) >= 11 is 0. The maximum atomic E-state index is 9.24. The van der Waals surface area contributed by atoms with Gasteiger partial charge in [0.15, 0.2) is 0 Å². The zero-order chi connectivity index (χ0) is 15.8. The van der Waals surface area contributed by atoms with E-state index in [9.17, 15) is 5.11 Å². The first-order valence-electron chi connectivity index (χ1n) is 8.76. The first kappa shape index (κ1) is 17.3. The van der Waals surface area contributed by atoms with Crippen molar-refractivity contribution in [2.24, 2.45) is 5.41 Å². The molecule has 0 bridgehead atoms. The Labute approximate surface area is 135 Å². The molecule has 0 radical (unpaired) electrons. The summed E-state index contributed by atoms with van der Waals surface area (Å²) in [6.07, 6.45) is 6.20. The first-order valence-corrected chi connectivity index (χ1v) is 8.76. The third-order valence-electron chi connectivity index (χ3n) is 4.62. The highest BCUT2D eigenvalue weighted by molar-refractivity contribution is 5.47. The van der Waals surface area contributed by atoms with Gasteiger partial charge in [0.1, 0.15) is 0 Å². The van der Waals surface area contributed by atoms with E-state index in [0.717, 1.165) is 25.9 Å². The fourth-order valence-corrected chi connectivity index (χ4v) is 2.98. The Kier molecular flexibility index (Phi) is 6.71. The van der Waals surface area contributed by atoms with Gasteiger partial charge in [-0.25, -0.2) is 0 Å². The van der Waals surface area contributed by atoms with Gasteiger partial charge < -0.3 is 15.3 Å². The van der Waals surface area contributed by atoms with Gasteiger partial charge in [-0.1, -0.05) is 26.0 Å². The zero-order valence-electron chi connectivity index (χ0n) is 14.3. The number of rotatable bonds is 8. The van der Waals surface area contributed by atoms with Crippen LogP contribution in [0.1, 0.15) is 51.5 Å². The number of benzene rings is 1. The summed E-state index contributed by atoms with van der Waals surface area (Å²) in [7, 11) is 0. The Morgan fingerprint density at radius 3 is 2.41 bits per heavy atom. The molecule has 22 heavy (non-hydrogen) atoms. The second-order valence-corrected chi connectivity index (χ2v) is 7.32. The normalized spacial score (nSPS) is 16.0. The molecule has 0 aliphatic carbocycles. The van der Waals surface area contributed by atoms with Crippen LogP contribution in [0, 0.1) is 5.41 Å². The van der Waals surface area contributed by atoms with Gasteiger partial charge in [0.05, 0.1) is 0 Å². The lowest BCUT2D eigenvalue weighted by Crippen LogP contribution is -2.29. The monoisotopic (exact) mass is 304 g/mol. The van der Waals surface area contributed by atoms with Crippen molar-refractivity contribution in [3.63, 3.8) is 0 Å². The van der Waals surface area contributed by atoms with E-state index in [1.807, 2.05) is 0 Å². The minimum Gasteiger partial charge on any atom is -0.396 e. The van der Waals surface area contributed by atoms with Crippen LogP contribution in [0.4, 0.5) is 5.69 Å². The number of anilines is 1. The molecule has 2 N–H and O–H groups in total. The summed E-state index contributed by atoms with van der Waals surface area (Å²) < 4.78 is 0. The van der Waals surface area contributed by atoms with Crippen molar-refractivity contribution >= 4 is 5.69 Å². The van der Waals surface area contributed by atoms with Crippen LogP contribution in [0.5, 0.6) is 0 Å². The average molecular weight is 304 g/mol. The summed E-state index contributed by atoms with van der Waals surface area (Å²) in [4.78, 5) is 2.50. The molecular formula is C19H32N2O. The van der Waals surface area contributed by atoms with Crippen LogP contribution >= 0.6 is 0 Å². The molecule has 1 aromatic carbocycles. The van der Waals surface area contributed by atoms with Gasteiger partial charge in [0, 0.05) is 31.9 Å². The lowest BCUT2D eigenvalue weighted by atomic mass is 9.89. The molecule has 124 valence electrons. The second-order valence-electron chi connectivity index (χ2n) is 7.32. The van der Waals surface area contributed by atoms with E-state index in [1.165, 1.54) is 43.6 Å². The molecule has 0 saturated carbocycles. The van der Waals surface area contributed by atoms with Crippen molar-refractivity contribution in [2.45, 2.75) is 52.5 Å². The van der Waals surface area contributed by atoms with Crippen LogP contribution in [-0.4, -0.2) is 31.3 Å². The molecule has 3 heteroatoms. The predicted octanol–water partition coefficient (Wildman–Crippen LogP) is 3.57. The Balaban J connectivity index is 1.68. The Hall–Kier alpha value is -1.06. The van der Waals surface area contributed by atoms with Crippen molar-refractivity contribution in [2.75, 3.05) is 31.1 Å². The number of hydrogen-bond donors (Lipinski definition) is 2. The van der Waals surface area contributed by atoms with E-state index in [4.69, 9.17) is 0 Å². The van der Waals surface area contributed by atoms with E-state index in [0.29, 0.717) is 0 Å². The largest absolute Gasteiger partial charge is 0.396 e. The molecule has 0 atom stereocenters. The third kappa shape index (κ3) is 5.62. The maximum absolute atomic E-state index is 9.24. The summed E-state index contributed by atoms with van der Waals surface area (Å²) in [5.41, 5.74) is 2.77. The van der Waals surface area contributed by atoms with Crippen LogP contribution in [0.25, 0.3) is 0 Å². The first-order chi connectivity index (χ1) is 10.6. The number of nitrogens with one attached hydrogen (secondary N) is 1. The van der Waals surface area contributed by atoms with Crippen molar-refractivity contribution < 1.29 is 5.11 Å². The quantitative estimate of drug-likeness (QED) is 0.721. The number of aliphatic hydroxyl groups excluding tert-OH is 1. The fraction of sp³-hybridized carbons (Fsp3) is 0.684. The summed E-state index contributed by atoms with van der Waals surface area (Å²) in [6.45, 7) is 8.86. The van der Waals surface area contributed by atoms with Gasteiger partial charge in [0.2, 0.25) is 0 Å². The van der Waals surface area contributed by atoms with E-state index in [2.05, 4.69) is 48.3 Å². The predicted molar refractivity (Wildman–Crippen MR) is 94.3 cm³/mol. The van der Waals surface area contributed by atoms with Crippen molar-refractivity contribution in [3.05, 3.63) is 29.8 Å². The van der Waals surface area contributed by atoms with Gasteiger partial charge in [-0.05, 0) is 61.8 Å². The minimum absolute atomic E-state index is 0.0533. The van der Waals surface area contributed by atoms with Crippen molar-refractivity contribution in [1.29, 1.82) is 0 Å². The van der Waals surface area contributed by atoms with Crippen molar-refractivity contribution in [1.82, 2.24) is 5.32 Å². The maximum Gasteiger partial charge on any atom is 0.0482 e. The number of nitrogens with zero attached hydrogens (tertiary/aromatic N) is 1. The molecule has 0 unspecified atom stereocenters. The number of aliphatic hydroxyl groups is 1. The van der Waals surface area contributed by atoms with Gasteiger partial charge >= 0.3 is 0 Å². The molecule has 1 aromatic rings. The number of hydrogen-bond acceptors (Lipinski definition) is 3. The molecule has 1 fully saturated rings. The highest BCUT2D eigenvalue weighted by atomic mass is 16.3. The average Bonchev–Trinajstić information content (AvgIpc) is 2.56. The molecule has 2 rings (SSSR count). The van der Waals surface area contributed by atoms with E-state index >= 15 is 0 Å². The second kappa shape index (κ2) is 8.54. The standard InChI is InChI=1S/C19H32N2O/c1-19(2,16-22)11-6-12-20-15-17-7-9-18(10-8-17)21-13-4-3-5-14-21/h7-10,20,22H,3-6,11-16H2,1-2H3. The smallest absolute Gasteiger partial charge is 0.0482 e. The number of piperidine rings is 1. The lowest BCUT2D eigenvalue weighted by Gasteiger charge is -2.28. The van der Waals surface area contributed by atoms with Crippen LogP contribution in [-0.2, 0) is 6.54 Å². The van der Waals surface area contributed by atoms with Crippen molar-refractivity contribution in [3.8, 4) is 0 Å². The van der Waals surface area contributed by atoms with Crippen LogP contribution in [0.3, 0.4) is 0 Å². The molecular weight excluding hydrogens is 272 g/mol. The zero-order valence-corrected chi connectivity index (χ0v) is 14.3. The molecule has 1 aliphatic rings. The highest BCUT2D eigenvalue weighted by Crippen LogP contribution is 2.21. The minimum atomic E-state index is 0.0533. The van der Waals surface area contributed by atoms with Crippen LogP contribution in [0.15, 0.2) is 24.3 Å². The van der Waals surface area contributed by atoms with E-state index < -0.39 is 0 Å². The Bertz CT molecular complexity index is 422. The van der Waals surface area contributed by atoms with Gasteiger partial charge in [-0.3, -0.25) is 0 Å². The molecule has 0 spiro atoms. The molecule has 0 aromatic heterocycles. The summed E-state index contributed by atoms with van der Waals surface area (Å²) in [5, 5.41) is 12.7. The topological polar surface area (TPSA) is 35.5 Å². The lowest BCUT2D eigenvalue weighted by molar-refractivity contribution is 0.148. The summed E-state index contributed by atoms with van der Waals surface area (Å²) in [5.74, 6) is 0. The molecule has 0 amide bonds. The third-order valence-corrected chi connectivity index (χ3v) is 4.62. The van der Waals surface area contributed by atoms with Gasteiger partial charge in [-0.15, -0.1) is 0 Å². The van der Waals surface area contributed by atoms with Gasteiger partial charge in [0.25, 0.3) is 0 Å². The SMILES string of the molecule is CC(C)(CO)CCCNCc1ccc(N2CCCCC2)cc1.